The summed E-state index contributed by atoms with van der Waals surface area (Å²) < 4.78 is 0. The van der Waals surface area contributed by atoms with Crippen LogP contribution in [0.4, 0.5) is 0 Å². The van der Waals surface area contributed by atoms with Crippen molar-refractivity contribution >= 4 is 0 Å². The van der Waals surface area contributed by atoms with E-state index in [2.05, 4.69) is 64.1 Å². The summed E-state index contributed by atoms with van der Waals surface area (Å²) in [6.45, 7) is 9.23. The maximum absolute atomic E-state index is 2.43. The van der Waals surface area contributed by atoms with E-state index in [4.69, 9.17) is 0 Å². The molecule has 1 aliphatic rings. The molecule has 0 spiro atoms. The average molecular weight is 250 g/mol. The molecule has 98 valence electrons. The van der Waals surface area contributed by atoms with Gasteiger partial charge in [0.2, 0.25) is 0 Å². The SMILES string of the molecule is CCc1cc(CC)c2c(c1)C(C)(C)c1ccccc1-2. The molecule has 0 heteroatoms. The average Bonchev–Trinajstić information content (AvgIpc) is 2.67. The van der Waals surface area contributed by atoms with Crippen LogP contribution < -0.4 is 0 Å². The summed E-state index contributed by atoms with van der Waals surface area (Å²) in [5, 5.41) is 0. The molecule has 2 aromatic rings. The fourth-order valence-corrected chi connectivity index (χ4v) is 3.45. The van der Waals surface area contributed by atoms with Crippen LogP contribution >= 0.6 is 0 Å². The highest BCUT2D eigenvalue weighted by Crippen LogP contribution is 2.50. The highest BCUT2D eigenvalue weighted by atomic mass is 14.4. The molecule has 0 atom stereocenters. The molecule has 0 aliphatic heterocycles. The van der Waals surface area contributed by atoms with Crippen LogP contribution in [0.25, 0.3) is 11.1 Å². The Morgan fingerprint density at radius 2 is 1.63 bits per heavy atom. The Kier molecular flexibility index (Phi) is 2.78. The zero-order valence-corrected chi connectivity index (χ0v) is 12.4. The Bertz CT molecular complexity index is 632. The lowest BCUT2D eigenvalue weighted by molar-refractivity contribution is 0.658. The third kappa shape index (κ3) is 1.66. The number of fused-ring (bicyclic) bond motifs is 3. The zero-order valence-electron chi connectivity index (χ0n) is 12.4. The molecular formula is C19H22. The van der Waals surface area contributed by atoms with Crippen LogP contribution in [0.3, 0.4) is 0 Å². The second kappa shape index (κ2) is 4.23. The quantitative estimate of drug-likeness (QED) is 0.694. The normalized spacial score (nSPS) is 15.2. The van der Waals surface area contributed by atoms with Gasteiger partial charge in [-0.25, -0.2) is 0 Å². The van der Waals surface area contributed by atoms with E-state index in [1.54, 1.807) is 0 Å². The number of rotatable bonds is 2. The first kappa shape index (κ1) is 12.5. The number of hydrogen-bond acceptors (Lipinski definition) is 0. The van der Waals surface area contributed by atoms with Crippen LogP contribution in [-0.4, -0.2) is 0 Å². The Morgan fingerprint density at radius 3 is 2.32 bits per heavy atom. The smallest absolute Gasteiger partial charge is 0.0159 e. The summed E-state index contributed by atoms with van der Waals surface area (Å²) in [5.41, 5.74) is 9.06. The lowest BCUT2D eigenvalue weighted by atomic mass is 9.81. The third-order valence-corrected chi connectivity index (χ3v) is 4.61. The molecule has 0 heterocycles. The van der Waals surface area contributed by atoms with Gasteiger partial charge >= 0.3 is 0 Å². The molecular weight excluding hydrogens is 228 g/mol. The molecule has 0 nitrogen and oxygen atoms in total. The van der Waals surface area contributed by atoms with Crippen molar-refractivity contribution in [2.24, 2.45) is 0 Å². The molecule has 19 heavy (non-hydrogen) atoms. The van der Waals surface area contributed by atoms with E-state index in [0.717, 1.165) is 12.8 Å². The third-order valence-electron chi connectivity index (χ3n) is 4.61. The van der Waals surface area contributed by atoms with Crippen molar-refractivity contribution in [3.05, 3.63) is 58.7 Å². The second-order valence-corrected chi connectivity index (χ2v) is 6.06. The summed E-state index contributed by atoms with van der Waals surface area (Å²) in [4.78, 5) is 0. The van der Waals surface area contributed by atoms with E-state index >= 15 is 0 Å². The van der Waals surface area contributed by atoms with Gasteiger partial charge in [-0.05, 0) is 46.2 Å². The van der Waals surface area contributed by atoms with Gasteiger partial charge in [-0.2, -0.15) is 0 Å². The number of benzene rings is 2. The minimum atomic E-state index is 0.140. The van der Waals surface area contributed by atoms with Gasteiger partial charge in [0.1, 0.15) is 0 Å². The van der Waals surface area contributed by atoms with Gasteiger partial charge in [0.25, 0.3) is 0 Å². The Balaban J connectivity index is 2.38. The first-order valence-electron chi connectivity index (χ1n) is 7.35. The molecule has 0 bridgehead atoms. The van der Waals surface area contributed by atoms with Crippen molar-refractivity contribution < 1.29 is 0 Å². The lowest BCUT2D eigenvalue weighted by Crippen LogP contribution is -2.15. The standard InChI is InChI=1S/C19H22/c1-5-13-11-14(6-2)18-15-9-7-8-10-16(15)19(3,4)17(18)12-13/h7-12H,5-6H2,1-4H3. The molecule has 0 radical (unpaired) electrons. The first-order valence-corrected chi connectivity index (χ1v) is 7.35. The topological polar surface area (TPSA) is 0 Å². The molecule has 0 amide bonds. The van der Waals surface area contributed by atoms with Crippen molar-refractivity contribution in [2.45, 2.75) is 46.0 Å². The summed E-state index contributed by atoms with van der Waals surface area (Å²) in [5.74, 6) is 0. The lowest BCUT2D eigenvalue weighted by Gasteiger charge is -2.22. The summed E-state index contributed by atoms with van der Waals surface area (Å²) in [7, 11) is 0. The monoisotopic (exact) mass is 250 g/mol. The largest absolute Gasteiger partial charge is 0.0619 e. The van der Waals surface area contributed by atoms with Crippen molar-refractivity contribution in [3.63, 3.8) is 0 Å². The second-order valence-electron chi connectivity index (χ2n) is 6.06. The molecule has 0 fully saturated rings. The molecule has 0 unspecified atom stereocenters. The van der Waals surface area contributed by atoms with Crippen LogP contribution in [0.5, 0.6) is 0 Å². The minimum absolute atomic E-state index is 0.140. The van der Waals surface area contributed by atoms with E-state index in [1.165, 1.54) is 33.4 Å². The Morgan fingerprint density at radius 1 is 0.895 bits per heavy atom. The van der Waals surface area contributed by atoms with Gasteiger partial charge in [0, 0.05) is 5.41 Å². The first-order chi connectivity index (χ1) is 9.09. The van der Waals surface area contributed by atoms with E-state index in [-0.39, 0.29) is 5.41 Å². The van der Waals surface area contributed by atoms with E-state index in [0.29, 0.717) is 0 Å². The van der Waals surface area contributed by atoms with Gasteiger partial charge in [-0.15, -0.1) is 0 Å². The fourth-order valence-electron chi connectivity index (χ4n) is 3.45. The van der Waals surface area contributed by atoms with Gasteiger partial charge < -0.3 is 0 Å². The van der Waals surface area contributed by atoms with Crippen LogP contribution in [0.1, 0.15) is 49.9 Å². The van der Waals surface area contributed by atoms with Crippen LogP contribution in [-0.2, 0) is 18.3 Å². The van der Waals surface area contributed by atoms with Crippen molar-refractivity contribution in [1.82, 2.24) is 0 Å². The van der Waals surface area contributed by atoms with Crippen LogP contribution in [0, 0.1) is 0 Å². The van der Waals surface area contributed by atoms with Gasteiger partial charge in [0.15, 0.2) is 0 Å². The molecule has 3 rings (SSSR count). The Hall–Kier alpha value is -1.56. The predicted octanol–water partition coefficient (Wildman–Crippen LogP) is 5.12. The fraction of sp³-hybridized carbons (Fsp3) is 0.368. The van der Waals surface area contributed by atoms with Gasteiger partial charge in [0.05, 0.1) is 0 Å². The zero-order chi connectivity index (χ0) is 13.6. The molecule has 0 N–H and O–H groups in total. The number of hydrogen-bond donors (Lipinski definition) is 0. The molecule has 1 aliphatic carbocycles. The van der Waals surface area contributed by atoms with E-state index in [9.17, 15) is 0 Å². The molecule has 0 aromatic heterocycles. The number of aryl methyl sites for hydroxylation is 2. The van der Waals surface area contributed by atoms with Gasteiger partial charge in [-0.3, -0.25) is 0 Å². The summed E-state index contributed by atoms with van der Waals surface area (Å²) >= 11 is 0. The molecule has 0 saturated heterocycles. The minimum Gasteiger partial charge on any atom is -0.0619 e. The van der Waals surface area contributed by atoms with Crippen molar-refractivity contribution in [2.75, 3.05) is 0 Å². The predicted molar refractivity (Wildman–Crippen MR) is 82.8 cm³/mol. The Labute approximate surface area is 116 Å². The van der Waals surface area contributed by atoms with Crippen LogP contribution in [0.15, 0.2) is 36.4 Å². The maximum atomic E-state index is 2.43. The highest BCUT2D eigenvalue weighted by Gasteiger charge is 2.36. The van der Waals surface area contributed by atoms with E-state index < -0.39 is 0 Å². The molecule has 0 saturated carbocycles. The van der Waals surface area contributed by atoms with E-state index in [1.807, 2.05) is 0 Å². The molecule has 2 aromatic carbocycles. The highest BCUT2D eigenvalue weighted by molar-refractivity contribution is 5.83. The summed E-state index contributed by atoms with van der Waals surface area (Å²) in [6, 6.07) is 13.7. The van der Waals surface area contributed by atoms with Crippen molar-refractivity contribution in [3.8, 4) is 11.1 Å². The van der Waals surface area contributed by atoms with Crippen LogP contribution in [0.2, 0.25) is 0 Å². The summed E-state index contributed by atoms with van der Waals surface area (Å²) in [6.07, 6.45) is 2.23. The van der Waals surface area contributed by atoms with Gasteiger partial charge in [-0.1, -0.05) is 64.1 Å². The maximum Gasteiger partial charge on any atom is 0.0159 e. The van der Waals surface area contributed by atoms with Crippen molar-refractivity contribution in [1.29, 1.82) is 0 Å².